The Labute approximate surface area is 123 Å². The number of nitrogens with one attached hydrogen (secondary N) is 1. The highest BCUT2D eigenvalue weighted by Gasteiger charge is 2.13. The van der Waals surface area contributed by atoms with Gasteiger partial charge < -0.3 is 5.32 Å². The Hall–Kier alpha value is -1.46. The quantitative estimate of drug-likeness (QED) is 0.763. The van der Waals surface area contributed by atoms with Crippen LogP contribution in [0.4, 0.5) is 5.82 Å². The van der Waals surface area contributed by atoms with E-state index in [4.69, 9.17) is 0 Å². The van der Waals surface area contributed by atoms with Gasteiger partial charge in [-0.1, -0.05) is 24.3 Å². The molecule has 5 heteroatoms. The molecule has 0 spiro atoms. The smallest absolute Gasteiger partial charge is 0.156 e. The lowest BCUT2D eigenvalue weighted by Crippen LogP contribution is -2.02. The number of nitrogens with zero attached hydrogens (tertiary/aromatic N) is 2. The lowest BCUT2D eigenvalue weighted by molar-refractivity contribution is 1.04. The van der Waals surface area contributed by atoms with E-state index in [9.17, 15) is 0 Å². The van der Waals surface area contributed by atoms with Gasteiger partial charge in [-0.15, -0.1) is 21.5 Å². The molecule has 0 bridgehead atoms. The summed E-state index contributed by atoms with van der Waals surface area (Å²) in [5.74, 6) is 0.842. The minimum atomic E-state index is 0.834. The van der Waals surface area contributed by atoms with Crippen LogP contribution in [0.25, 0.3) is 21.3 Å². The number of benzene rings is 1. The summed E-state index contributed by atoms with van der Waals surface area (Å²) in [4.78, 5) is 1.12. The van der Waals surface area contributed by atoms with Gasteiger partial charge in [-0.2, -0.15) is 0 Å². The van der Waals surface area contributed by atoms with Gasteiger partial charge in [-0.25, -0.2) is 0 Å². The molecule has 0 unspecified atom stereocenters. The van der Waals surface area contributed by atoms with Gasteiger partial charge >= 0.3 is 0 Å². The summed E-state index contributed by atoms with van der Waals surface area (Å²) >= 11 is 5.23. The van der Waals surface area contributed by atoms with E-state index in [1.165, 1.54) is 0 Å². The molecule has 2 heterocycles. The zero-order valence-corrected chi connectivity index (χ0v) is 12.8. The van der Waals surface area contributed by atoms with Crippen LogP contribution in [0, 0.1) is 0 Å². The second kappa shape index (κ2) is 5.27. The van der Waals surface area contributed by atoms with Crippen molar-refractivity contribution in [2.24, 2.45) is 0 Å². The van der Waals surface area contributed by atoms with Gasteiger partial charge in [0.05, 0.1) is 4.88 Å². The van der Waals surface area contributed by atoms with Crippen LogP contribution in [0.15, 0.2) is 40.2 Å². The fourth-order valence-corrected chi connectivity index (χ4v) is 3.59. The first-order valence-electron chi connectivity index (χ1n) is 6.04. The topological polar surface area (TPSA) is 37.8 Å². The number of fused-ring (bicyclic) bond motifs is 1. The molecule has 0 aliphatic carbocycles. The first-order chi connectivity index (χ1) is 9.31. The molecule has 3 rings (SSSR count). The van der Waals surface area contributed by atoms with E-state index in [2.05, 4.69) is 50.5 Å². The van der Waals surface area contributed by atoms with Crippen LogP contribution >= 0.6 is 27.3 Å². The number of hydrogen-bond acceptors (Lipinski definition) is 4. The molecule has 1 N–H and O–H groups in total. The van der Waals surface area contributed by atoms with Gasteiger partial charge in [-0.3, -0.25) is 0 Å². The van der Waals surface area contributed by atoms with Crippen molar-refractivity contribution in [3.8, 4) is 10.6 Å². The second-order valence-electron chi connectivity index (χ2n) is 4.07. The fraction of sp³-hybridized carbons (Fsp3) is 0.143. The maximum absolute atomic E-state index is 4.40. The molecule has 0 atom stereocenters. The molecule has 0 radical (unpaired) electrons. The minimum Gasteiger partial charge on any atom is -0.368 e. The Morgan fingerprint density at radius 1 is 1.16 bits per heavy atom. The molecule has 0 aliphatic heterocycles. The van der Waals surface area contributed by atoms with Crippen molar-refractivity contribution in [2.75, 3.05) is 11.9 Å². The minimum absolute atomic E-state index is 0.834. The summed E-state index contributed by atoms with van der Waals surface area (Å²) < 4.78 is 1.06. The number of anilines is 1. The summed E-state index contributed by atoms with van der Waals surface area (Å²) in [5, 5.41) is 16.2. The molecule has 0 amide bonds. The second-order valence-corrected chi connectivity index (χ2v) is 5.84. The summed E-state index contributed by atoms with van der Waals surface area (Å²) in [6, 6.07) is 10.3. The normalized spacial score (nSPS) is 10.8. The van der Waals surface area contributed by atoms with Crippen LogP contribution in [0.5, 0.6) is 0 Å². The van der Waals surface area contributed by atoms with Crippen molar-refractivity contribution in [1.29, 1.82) is 0 Å². The van der Waals surface area contributed by atoms with Crippen molar-refractivity contribution in [3.05, 3.63) is 40.2 Å². The summed E-state index contributed by atoms with van der Waals surface area (Å²) in [7, 11) is 0. The summed E-state index contributed by atoms with van der Waals surface area (Å²) in [6.45, 7) is 2.89. The largest absolute Gasteiger partial charge is 0.368 e. The first kappa shape index (κ1) is 12.6. The third-order valence-electron chi connectivity index (χ3n) is 2.86. The molecule has 3 aromatic rings. The molecule has 2 aromatic heterocycles. The van der Waals surface area contributed by atoms with Gasteiger partial charge in [0.1, 0.15) is 5.69 Å². The molecule has 0 saturated heterocycles. The number of thiophene rings is 1. The number of rotatable bonds is 3. The summed E-state index contributed by atoms with van der Waals surface area (Å²) in [6.07, 6.45) is 0. The number of halogens is 1. The van der Waals surface area contributed by atoms with E-state index in [1.807, 2.05) is 23.6 Å². The van der Waals surface area contributed by atoms with E-state index in [0.29, 0.717) is 0 Å². The Bertz CT molecular complexity index is 724. The average molecular weight is 334 g/mol. The molecule has 0 saturated carbocycles. The Kier molecular flexibility index (Phi) is 3.48. The van der Waals surface area contributed by atoms with E-state index in [-0.39, 0.29) is 0 Å². The maximum Gasteiger partial charge on any atom is 0.156 e. The van der Waals surface area contributed by atoms with E-state index in [1.54, 1.807) is 11.3 Å². The van der Waals surface area contributed by atoms with Gasteiger partial charge in [0, 0.05) is 21.8 Å². The number of hydrogen-bond donors (Lipinski definition) is 1. The molecule has 96 valence electrons. The maximum atomic E-state index is 4.40. The lowest BCUT2D eigenvalue weighted by Gasteiger charge is -2.09. The highest BCUT2D eigenvalue weighted by atomic mass is 79.9. The predicted octanol–water partition coefficient (Wildman–Crippen LogP) is 4.55. The third kappa shape index (κ3) is 2.24. The zero-order valence-electron chi connectivity index (χ0n) is 10.4. The summed E-state index contributed by atoms with van der Waals surface area (Å²) in [5.41, 5.74) is 0.930. The molecule has 0 aliphatic rings. The Balaban J connectivity index is 2.28. The van der Waals surface area contributed by atoms with Crippen LogP contribution in [-0.2, 0) is 0 Å². The third-order valence-corrected chi connectivity index (χ3v) is 4.71. The van der Waals surface area contributed by atoms with Gasteiger partial charge in [-0.05, 0) is 34.3 Å². The van der Waals surface area contributed by atoms with Crippen LogP contribution in [0.3, 0.4) is 0 Å². The van der Waals surface area contributed by atoms with Crippen LogP contribution in [-0.4, -0.2) is 16.7 Å². The number of aromatic nitrogens is 2. The van der Waals surface area contributed by atoms with Crippen molar-refractivity contribution in [2.45, 2.75) is 6.92 Å². The average Bonchev–Trinajstić information content (AvgIpc) is 2.86. The Morgan fingerprint density at radius 3 is 2.63 bits per heavy atom. The van der Waals surface area contributed by atoms with Gasteiger partial charge in [0.15, 0.2) is 5.82 Å². The highest BCUT2D eigenvalue weighted by Crippen LogP contribution is 2.37. The van der Waals surface area contributed by atoms with Crippen molar-refractivity contribution >= 4 is 43.9 Å². The molecule has 1 aromatic carbocycles. The van der Waals surface area contributed by atoms with E-state index < -0.39 is 0 Å². The van der Waals surface area contributed by atoms with Crippen LogP contribution in [0.1, 0.15) is 6.92 Å². The van der Waals surface area contributed by atoms with Crippen molar-refractivity contribution in [1.82, 2.24) is 10.2 Å². The molecule has 3 nitrogen and oxygen atoms in total. The van der Waals surface area contributed by atoms with Gasteiger partial charge in [0.25, 0.3) is 0 Å². The standard InChI is InChI=1S/C14H12BrN3S/c1-2-16-14-10-6-4-3-5-9(10)12(17-18-14)13-11(15)7-8-19-13/h3-8H,2H2,1H3,(H,16,18). The van der Waals surface area contributed by atoms with Crippen LogP contribution in [0.2, 0.25) is 0 Å². The van der Waals surface area contributed by atoms with Crippen molar-refractivity contribution < 1.29 is 0 Å². The Morgan fingerprint density at radius 2 is 1.95 bits per heavy atom. The predicted molar refractivity (Wildman–Crippen MR) is 84.7 cm³/mol. The molecule has 19 heavy (non-hydrogen) atoms. The van der Waals surface area contributed by atoms with Gasteiger partial charge in [0.2, 0.25) is 0 Å². The lowest BCUT2D eigenvalue weighted by atomic mass is 10.1. The molecular formula is C14H12BrN3S. The monoisotopic (exact) mass is 333 g/mol. The SMILES string of the molecule is CCNc1nnc(-c2sccc2Br)c2ccccc12. The fourth-order valence-electron chi connectivity index (χ4n) is 2.03. The van der Waals surface area contributed by atoms with E-state index >= 15 is 0 Å². The first-order valence-corrected chi connectivity index (χ1v) is 7.71. The zero-order chi connectivity index (χ0) is 13.2. The highest BCUT2D eigenvalue weighted by molar-refractivity contribution is 9.10. The van der Waals surface area contributed by atoms with Crippen molar-refractivity contribution in [3.63, 3.8) is 0 Å². The van der Waals surface area contributed by atoms with Crippen LogP contribution < -0.4 is 5.32 Å². The molecular weight excluding hydrogens is 322 g/mol. The molecule has 0 fully saturated rings. The van der Waals surface area contributed by atoms with E-state index in [0.717, 1.165) is 38.2 Å².